The molecule has 0 aliphatic heterocycles. The summed E-state index contributed by atoms with van der Waals surface area (Å²) >= 11 is 0. The fraction of sp³-hybridized carbons (Fsp3) is 0.318. The van der Waals surface area contributed by atoms with E-state index in [-0.39, 0.29) is 12.3 Å². The number of anilines is 1. The Morgan fingerprint density at radius 2 is 1.74 bits per heavy atom. The average molecular weight is 367 g/mol. The number of rotatable bonds is 6. The summed E-state index contributed by atoms with van der Waals surface area (Å²) in [6.07, 6.45) is 1.29. The fourth-order valence-corrected chi connectivity index (χ4v) is 2.27. The number of hydrogen-bond acceptors (Lipinski definition) is 3. The van der Waals surface area contributed by atoms with Gasteiger partial charge in [0.05, 0.1) is 6.21 Å². The van der Waals surface area contributed by atoms with E-state index in [1.165, 1.54) is 5.56 Å². The van der Waals surface area contributed by atoms with Crippen LogP contribution in [-0.2, 0) is 9.59 Å². The molecule has 2 aromatic rings. The van der Waals surface area contributed by atoms with Crippen LogP contribution in [0.5, 0.6) is 0 Å². The first-order chi connectivity index (χ1) is 13.0. The summed E-state index contributed by atoms with van der Waals surface area (Å²) in [6.45, 7) is 10.1. The summed E-state index contributed by atoms with van der Waals surface area (Å²) in [7, 11) is 0. The monoisotopic (exact) mass is 367 g/mol. The molecule has 2 rings (SSSR count). The second kappa shape index (κ2) is 11.6. The van der Waals surface area contributed by atoms with Gasteiger partial charge < -0.3 is 5.32 Å². The van der Waals surface area contributed by atoms with Crippen molar-refractivity contribution in [3.8, 4) is 0 Å². The van der Waals surface area contributed by atoms with Gasteiger partial charge >= 0.3 is 0 Å². The zero-order valence-electron chi connectivity index (χ0n) is 16.7. The number of aryl methyl sites for hydroxylation is 1. The molecule has 0 heterocycles. The first kappa shape index (κ1) is 22.1. The van der Waals surface area contributed by atoms with Crippen molar-refractivity contribution in [2.75, 3.05) is 5.32 Å². The van der Waals surface area contributed by atoms with Crippen LogP contribution in [0.25, 0.3) is 0 Å². The van der Waals surface area contributed by atoms with E-state index >= 15 is 0 Å². The van der Waals surface area contributed by atoms with Crippen LogP contribution in [0.3, 0.4) is 0 Å². The van der Waals surface area contributed by atoms with Gasteiger partial charge in [0.15, 0.2) is 0 Å². The minimum absolute atomic E-state index is 0.280. The Labute approximate surface area is 161 Å². The van der Waals surface area contributed by atoms with Crippen LogP contribution in [0.2, 0.25) is 0 Å². The Hall–Kier alpha value is -2.95. The third-order valence-corrected chi connectivity index (χ3v) is 3.72. The maximum absolute atomic E-state index is 11.9. The zero-order valence-corrected chi connectivity index (χ0v) is 16.7. The number of carbonyl (C=O) groups is 2. The molecule has 0 aromatic heterocycles. The Morgan fingerprint density at radius 1 is 1.04 bits per heavy atom. The van der Waals surface area contributed by atoms with E-state index in [1.54, 1.807) is 12.3 Å². The highest BCUT2D eigenvalue weighted by atomic mass is 16.2. The number of nitrogens with one attached hydrogen (secondary N) is 2. The van der Waals surface area contributed by atoms with Gasteiger partial charge in [-0.2, -0.15) is 5.10 Å². The molecule has 0 saturated carbocycles. The number of para-hydroxylation sites is 1. The molecule has 0 bridgehead atoms. The van der Waals surface area contributed by atoms with Gasteiger partial charge in [-0.3, -0.25) is 9.59 Å². The summed E-state index contributed by atoms with van der Waals surface area (Å²) in [6, 6.07) is 15.3. The topological polar surface area (TPSA) is 70.6 Å². The standard InChI is InChI=1S/C20H23N3O2.C2H6/c1-14(2)17-9-6-8-16(11-17)13-21-23-20(25)12-19(24)22-18-10-5-4-7-15(18)3;1-2/h4-11,13-14H,12H2,1-3H3,(H,22,24)(H,23,25);1-2H3/b21-13+;. The third-order valence-electron chi connectivity index (χ3n) is 3.72. The van der Waals surface area contributed by atoms with Gasteiger partial charge in [0, 0.05) is 5.69 Å². The van der Waals surface area contributed by atoms with E-state index in [0.29, 0.717) is 11.6 Å². The van der Waals surface area contributed by atoms with Crippen LogP contribution >= 0.6 is 0 Å². The minimum atomic E-state index is -0.456. The van der Waals surface area contributed by atoms with Gasteiger partial charge in [0.1, 0.15) is 6.42 Å². The van der Waals surface area contributed by atoms with Gasteiger partial charge in [-0.05, 0) is 41.7 Å². The lowest BCUT2D eigenvalue weighted by atomic mass is 10.0. The van der Waals surface area contributed by atoms with Crippen molar-refractivity contribution in [3.05, 3.63) is 65.2 Å². The number of carbonyl (C=O) groups excluding carboxylic acids is 2. The molecule has 0 unspecified atom stereocenters. The minimum Gasteiger partial charge on any atom is -0.325 e. The quantitative estimate of drug-likeness (QED) is 0.444. The summed E-state index contributed by atoms with van der Waals surface area (Å²) in [5, 5.41) is 6.63. The van der Waals surface area contributed by atoms with Crippen molar-refractivity contribution < 1.29 is 9.59 Å². The summed E-state index contributed by atoms with van der Waals surface area (Å²) in [5.41, 5.74) is 6.13. The second-order valence-corrected chi connectivity index (χ2v) is 6.16. The second-order valence-electron chi connectivity index (χ2n) is 6.16. The lowest BCUT2D eigenvalue weighted by molar-refractivity contribution is -0.126. The van der Waals surface area contributed by atoms with Crippen molar-refractivity contribution in [1.82, 2.24) is 5.43 Å². The van der Waals surface area contributed by atoms with Gasteiger partial charge in [0.25, 0.3) is 0 Å². The van der Waals surface area contributed by atoms with Crippen LogP contribution in [0.15, 0.2) is 53.6 Å². The molecule has 0 saturated heterocycles. The lowest BCUT2D eigenvalue weighted by Gasteiger charge is -2.07. The molecule has 0 aliphatic rings. The van der Waals surface area contributed by atoms with Crippen molar-refractivity contribution in [2.24, 2.45) is 5.10 Å². The maximum atomic E-state index is 11.9. The van der Waals surface area contributed by atoms with Crippen LogP contribution in [0.4, 0.5) is 5.69 Å². The van der Waals surface area contributed by atoms with Crippen LogP contribution in [0.1, 0.15) is 56.7 Å². The van der Waals surface area contributed by atoms with E-state index in [4.69, 9.17) is 0 Å². The smallest absolute Gasteiger partial charge is 0.249 e. The van der Waals surface area contributed by atoms with E-state index < -0.39 is 5.91 Å². The van der Waals surface area contributed by atoms with Gasteiger partial charge in [-0.1, -0.05) is 64.1 Å². The highest BCUT2D eigenvalue weighted by Gasteiger charge is 2.09. The lowest BCUT2D eigenvalue weighted by Crippen LogP contribution is -2.24. The van der Waals surface area contributed by atoms with Crippen LogP contribution in [-0.4, -0.2) is 18.0 Å². The van der Waals surface area contributed by atoms with Crippen LogP contribution in [0, 0.1) is 6.92 Å². The molecular weight excluding hydrogens is 338 g/mol. The van der Waals surface area contributed by atoms with Crippen molar-refractivity contribution in [2.45, 2.75) is 47.0 Å². The SMILES string of the molecule is CC.Cc1ccccc1NC(=O)CC(=O)N/N=C/c1cccc(C(C)C)c1. The number of amides is 2. The van der Waals surface area contributed by atoms with Crippen molar-refractivity contribution in [1.29, 1.82) is 0 Å². The number of hydrogen-bond donors (Lipinski definition) is 2. The molecular formula is C22H29N3O2. The zero-order chi connectivity index (χ0) is 20.2. The van der Waals surface area contributed by atoms with E-state index in [2.05, 4.69) is 35.8 Å². The molecule has 0 fully saturated rings. The van der Waals surface area contributed by atoms with E-state index in [1.807, 2.05) is 57.2 Å². The Kier molecular flexibility index (Phi) is 9.51. The summed E-state index contributed by atoms with van der Waals surface area (Å²) in [4.78, 5) is 23.7. The Morgan fingerprint density at radius 3 is 2.41 bits per heavy atom. The molecule has 2 aromatic carbocycles. The van der Waals surface area contributed by atoms with Crippen molar-refractivity contribution in [3.63, 3.8) is 0 Å². The normalized spacial score (nSPS) is 10.3. The Balaban J connectivity index is 0.00000176. The van der Waals surface area contributed by atoms with Gasteiger partial charge in [-0.15, -0.1) is 0 Å². The predicted octanol–water partition coefficient (Wildman–Crippen LogP) is 4.62. The molecule has 0 aliphatic carbocycles. The molecule has 0 spiro atoms. The average Bonchev–Trinajstić information content (AvgIpc) is 2.65. The largest absolute Gasteiger partial charge is 0.325 e. The molecule has 2 amide bonds. The van der Waals surface area contributed by atoms with E-state index in [0.717, 1.165) is 11.1 Å². The molecule has 0 atom stereocenters. The summed E-state index contributed by atoms with van der Waals surface area (Å²) < 4.78 is 0. The third kappa shape index (κ3) is 7.86. The number of nitrogens with zero attached hydrogens (tertiary/aromatic N) is 1. The molecule has 0 radical (unpaired) electrons. The first-order valence-electron chi connectivity index (χ1n) is 9.23. The van der Waals surface area contributed by atoms with Crippen molar-refractivity contribution >= 4 is 23.7 Å². The van der Waals surface area contributed by atoms with Gasteiger partial charge in [-0.25, -0.2) is 5.43 Å². The molecule has 5 heteroatoms. The number of hydrazone groups is 1. The maximum Gasteiger partial charge on any atom is 0.249 e. The number of benzene rings is 2. The first-order valence-corrected chi connectivity index (χ1v) is 9.23. The molecule has 27 heavy (non-hydrogen) atoms. The molecule has 5 nitrogen and oxygen atoms in total. The highest BCUT2D eigenvalue weighted by Crippen LogP contribution is 2.15. The summed E-state index contributed by atoms with van der Waals surface area (Å²) in [5.74, 6) is -0.403. The Bertz CT molecular complexity index is 783. The van der Waals surface area contributed by atoms with Gasteiger partial charge in [0.2, 0.25) is 11.8 Å². The fourth-order valence-electron chi connectivity index (χ4n) is 2.27. The molecule has 144 valence electrons. The van der Waals surface area contributed by atoms with E-state index in [9.17, 15) is 9.59 Å². The molecule has 2 N–H and O–H groups in total. The van der Waals surface area contributed by atoms with Crippen LogP contribution < -0.4 is 10.7 Å². The predicted molar refractivity (Wildman–Crippen MR) is 112 cm³/mol. The highest BCUT2D eigenvalue weighted by molar-refractivity contribution is 6.04.